The standard InChI is InChI=1S/C15H28N2O3/c1-5-7-14(3,4)16-13(20)17-10-9-15(11-17,8-6-2)12(18)19/h5-11H2,1-4H3,(H,16,20)(H,18,19). The predicted molar refractivity (Wildman–Crippen MR) is 78.7 cm³/mol. The molecule has 0 aliphatic carbocycles. The van der Waals surface area contributed by atoms with Gasteiger partial charge in [0.15, 0.2) is 0 Å². The highest BCUT2D eigenvalue weighted by molar-refractivity contribution is 5.80. The lowest BCUT2D eigenvalue weighted by molar-refractivity contribution is -0.148. The molecule has 2 amide bonds. The normalized spacial score (nSPS) is 22.9. The Morgan fingerprint density at radius 3 is 2.45 bits per heavy atom. The van der Waals surface area contributed by atoms with Gasteiger partial charge in [-0.25, -0.2) is 4.79 Å². The first kappa shape index (κ1) is 16.8. The number of carbonyl (C=O) groups excluding carboxylic acids is 1. The van der Waals surface area contributed by atoms with Crippen molar-refractivity contribution in [1.29, 1.82) is 0 Å². The fourth-order valence-corrected chi connectivity index (χ4v) is 3.07. The van der Waals surface area contributed by atoms with E-state index < -0.39 is 11.4 Å². The van der Waals surface area contributed by atoms with Crippen LogP contribution in [-0.2, 0) is 4.79 Å². The molecule has 0 aromatic rings. The van der Waals surface area contributed by atoms with Crippen molar-refractivity contribution < 1.29 is 14.7 Å². The molecule has 1 rings (SSSR count). The first-order valence-electron chi connectivity index (χ1n) is 7.57. The number of carbonyl (C=O) groups is 2. The first-order valence-corrected chi connectivity index (χ1v) is 7.57. The number of carboxylic acids is 1. The molecule has 0 radical (unpaired) electrons. The molecule has 5 heteroatoms. The number of rotatable bonds is 6. The molecule has 0 bridgehead atoms. The van der Waals surface area contributed by atoms with Crippen molar-refractivity contribution in [3.8, 4) is 0 Å². The molecule has 1 saturated heterocycles. The Morgan fingerprint density at radius 2 is 1.95 bits per heavy atom. The minimum absolute atomic E-state index is 0.136. The number of hydrogen-bond donors (Lipinski definition) is 2. The van der Waals surface area contributed by atoms with E-state index in [2.05, 4.69) is 12.2 Å². The maximum absolute atomic E-state index is 12.3. The quantitative estimate of drug-likeness (QED) is 0.788. The number of nitrogens with zero attached hydrogens (tertiary/aromatic N) is 1. The fourth-order valence-electron chi connectivity index (χ4n) is 3.07. The average molecular weight is 284 g/mol. The Morgan fingerprint density at radius 1 is 1.30 bits per heavy atom. The molecule has 1 unspecified atom stereocenters. The molecule has 5 nitrogen and oxygen atoms in total. The molecule has 1 fully saturated rings. The molecular weight excluding hydrogens is 256 g/mol. The summed E-state index contributed by atoms with van der Waals surface area (Å²) in [5, 5.41) is 12.5. The summed E-state index contributed by atoms with van der Waals surface area (Å²) in [5.41, 5.74) is -0.994. The molecule has 116 valence electrons. The van der Waals surface area contributed by atoms with E-state index in [0.717, 1.165) is 19.3 Å². The maximum Gasteiger partial charge on any atom is 0.317 e. The Labute approximate surface area is 121 Å². The zero-order valence-electron chi connectivity index (χ0n) is 13.2. The topological polar surface area (TPSA) is 69.6 Å². The molecule has 1 heterocycles. The van der Waals surface area contributed by atoms with Crippen molar-refractivity contribution in [3.05, 3.63) is 0 Å². The number of nitrogens with one attached hydrogen (secondary N) is 1. The summed E-state index contributed by atoms with van der Waals surface area (Å²) in [6, 6.07) is -0.136. The van der Waals surface area contributed by atoms with Gasteiger partial charge in [0.2, 0.25) is 0 Å². The van der Waals surface area contributed by atoms with Gasteiger partial charge in [-0.3, -0.25) is 4.79 Å². The summed E-state index contributed by atoms with van der Waals surface area (Å²) in [7, 11) is 0. The van der Waals surface area contributed by atoms with Gasteiger partial charge < -0.3 is 15.3 Å². The first-order chi connectivity index (χ1) is 9.26. The minimum atomic E-state index is -0.775. The third kappa shape index (κ3) is 3.87. The van der Waals surface area contributed by atoms with Gasteiger partial charge in [0.1, 0.15) is 0 Å². The average Bonchev–Trinajstić information content (AvgIpc) is 2.74. The molecule has 0 aromatic heterocycles. The van der Waals surface area contributed by atoms with E-state index in [9.17, 15) is 14.7 Å². The second kappa shape index (κ2) is 6.46. The van der Waals surface area contributed by atoms with E-state index >= 15 is 0 Å². The van der Waals surface area contributed by atoms with Crippen LogP contribution in [0.2, 0.25) is 0 Å². The van der Waals surface area contributed by atoms with Crippen molar-refractivity contribution in [3.63, 3.8) is 0 Å². The molecule has 2 N–H and O–H groups in total. The highest BCUT2D eigenvalue weighted by atomic mass is 16.4. The SMILES string of the molecule is CCCC(C)(C)NC(=O)N1CCC(CCC)(C(=O)O)C1. The second-order valence-corrected chi connectivity index (χ2v) is 6.57. The Bertz CT molecular complexity index is 368. The van der Waals surface area contributed by atoms with Crippen LogP contribution in [0.3, 0.4) is 0 Å². The van der Waals surface area contributed by atoms with E-state index in [1.807, 2.05) is 20.8 Å². The van der Waals surface area contributed by atoms with Gasteiger partial charge in [-0.05, 0) is 33.1 Å². The summed E-state index contributed by atoms with van der Waals surface area (Å²) in [4.78, 5) is 25.4. The van der Waals surface area contributed by atoms with Gasteiger partial charge in [-0.15, -0.1) is 0 Å². The maximum atomic E-state index is 12.3. The monoisotopic (exact) mass is 284 g/mol. The summed E-state index contributed by atoms with van der Waals surface area (Å²) in [5.74, 6) is -0.775. The molecule has 20 heavy (non-hydrogen) atoms. The highest BCUT2D eigenvalue weighted by Crippen LogP contribution is 2.35. The lowest BCUT2D eigenvalue weighted by atomic mass is 9.83. The van der Waals surface area contributed by atoms with Crippen LogP contribution in [0, 0.1) is 5.41 Å². The predicted octanol–water partition coefficient (Wildman–Crippen LogP) is 2.85. The van der Waals surface area contributed by atoms with E-state index in [0.29, 0.717) is 25.9 Å². The van der Waals surface area contributed by atoms with Crippen molar-refractivity contribution >= 4 is 12.0 Å². The molecule has 1 aliphatic rings. The lowest BCUT2D eigenvalue weighted by Crippen LogP contribution is -2.50. The van der Waals surface area contributed by atoms with Gasteiger partial charge in [0.25, 0.3) is 0 Å². The molecular formula is C15H28N2O3. The third-order valence-corrected chi connectivity index (χ3v) is 4.14. The fraction of sp³-hybridized carbons (Fsp3) is 0.867. The number of aliphatic carboxylic acids is 1. The summed E-state index contributed by atoms with van der Waals surface area (Å²) in [6.07, 6.45) is 3.92. The van der Waals surface area contributed by atoms with E-state index in [4.69, 9.17) is 0 Å². The van der Waals surface area contributed by atoms with E-state index in [1.165, 1.54) is 0 Å². The zero-order valence-corrected chi connectivity index (χ0v) is 13.2. The number of amides is 2. The van der Waals surface area contributed by atoms with Gasteiger partial charge in [-0.2, -0.15) is 0 Å². The largest absolute Gasteiger partial charge is 0.481 e. The van der Waals surface area contributed by atoms with Crippen molar-refractivity contribution in [2.45, 2.75) is 65.3 Å². The highest BCUT2D eigenvalue weighted by Gasteiger charge is 2.45. The lowest BCUT2D eigenvalue weighted by Gasteiger charge is -2.30. The third-order valence-electron chi connectivity index (χ3n) is 4.14. The van der Waals surface area contributed by atoms with Gasteiger partial charge in [0.05, 0.1) is 5.41 Å². The Balaban J connectivity index is 2.67. The Hall–Kier alpha value is -1.26. The molecule has 0 aromatic carbocycles. The summed E-state index contributed by atoms with van der Waals surface area (Å²) >= 11 is 0. The van der Waals surface area contributed by atoms with E-state index in [1.54, 1.807) is 4.90 Å². The number of likely N-dealkylation sites (tertiary alicyclic amines) is 1. The van der Waals surface area contributed by atoms with Gasteiger partial charge in [-0.1, -0.05) is 26.7 Å². The molecule has 1 aliphatic heterocycles. The van der Waals surface area contributed by atoms with Crippen LogP contribution < -0.4 is 5.32 Å². The zero-order chi connectivity index (χ0) is 15.4. The van der Waals surface area contributed by atoms with Crippen LogP contribution >= 0.6 is 0 Å². The van der Waals surface area contributed by atoms with Crippen molar-refractivity contribution in [2.24, 2.45) is 5.41 Å². The van der Waals surface area contributed by atoms with E-state index in [-0.39, 0.29) is 11.6 Å². The number of hydrogen-bond acceptors (Lipinski definition) is 2. The number of carboxylic acid groups (broad SMARTS) is 1. The van der Waals surface area contributed by atoms with Crippen LogP contribution in [0.1, 0.15) is 59.8 Å². The van der Waals surface area contributed by atoms with Crippen LogP contribution in [0.15, 0.2) is 0 Å². The van der Waals surface area contributed by atoms with Crippen LogP contribution in [0.25, 0.3) is 0 Å². The van der Waals surface area contributed by atoms with Gasteiger partial charge >= 0.3 is 12.0 Å². The van der Waals surface area contributed by atoms with Crippen molar-refractivity contribution in [1.82, 2.24) is 10.2 Å². The smallest absolute Gasteiger partial charge is 0.317 e. The summed E-state index contributed by atoms with van der Waals surface area (Å²) < 4.78 is 0. The minimum Gasteiger partial charge on any atom is -0.481 e. The van der Waals surface area contributed by atoms with Crippen molar-refractivity contribution in [2.75, 3.05) is 13.1 Å². The summed E-state index contributed by atoms with van der Waals surface area (Å²) in [6.45, 7) is 8.92. The molecule has 1 atom stereocenters. The molecule has 0 saturated carbocycles. The number of urea groups is 1. The van der Waals surface area contributed by atoms with Crippen LogP contribution in [0.4, 0.5) is 4.79 Å². The Kier molecular flexibility index (Phi) is 5.42. The molecule has 0 spiro atoms. The van der Waals surface area contributed by atoms with Crippen LogP contribution in [-0.4, -0.2) is 40.6 Å². The van der Waals surface area contributed by atoms with Gasteiger partial charge in [0, 0.05) is 18.6 Å². The second-order valence-electron chi connectivity index (χ2n) is 6.57. The van der Waals surface area contributed by atoms with Crippen LogP contribution in [0.5, 0.6) is 0 Å².